The van der Waals surface area contributed by atoms with Crippen LogP contribution in [-0.4, -0.2) is 44.1 Å². The molecule has 5 heteroatoms. The Balaban J connectivity index is 2.21. The number of aliphatic hydroxyl groups excluding tert-OH is 1. The van der Waals surface area contributed by atoms with Crippen LogP contribution in [0.25, 0.3) is 0 Å². The third-order valence-electron chi connectivity index (χ3n) is 2.48. The van der Waals surface area contributed by atoms with Crippen molar-refractivity contribution >= 4 is 0 Å². The number of ether oxygens (including phenoxy) is 2. The molecule has 4 nitrogen and oxygen atoms in total. The predicted molar refractivity (Wildman–Crippen MR) is 67.2 cm³/mol. The van der Waals surface area contributed by atoms with Gasteiger partial charge in [-0.05, 0) is 19.1 Å². The minimum Gasteiger partial charge on any atom is -0.488 e. The number of halogens is 1. The molecule has 0 aliphatic heterocycles. The van der Waals surface area contributed by atoms with E-state index >= 15 is 0 Å². The zero-order valence-corrected chi connectivity index (χ0v) is 10.7. The number of hydrogen-bond donors (Lipinski definition) is 2. The minimum atomic E-state index is -0.686. The third-order valence-corrected chi connectivity index (χ3v) is 2.48. The van der Waals surface area contributed by atoms with E-state index in [9.17, 15) is 9.50 Å². The SMILES string of the molecule is COC(C)CNCC(O)COc1ccccc1F. The molecule has 0 aliphatic carbocycles. The van der Waals surface area contributed by atoms with Gasteiger partial charge < -0.3 is 19.9 Å². The van der Waals surface area contributed by atoms with Gasteiger partial charge in [0, 0.05) is 20.2 Å². The van der Waals surface area contributed by atoms with Crippen LogP contribution in [0.4, 0.5) is 4.39 Å². The molecule has 0 aromatic heterocycles. The second-order valence-corrected chi connectivity index (χ2v) is 4.10. The minimum absolute atomic E-state index is 0.0509. The summed E-state index contributed by atoms with van der Waals surface area (Å²) in [7, 11) is 1.63. The predicted octanol–water partition coefficient (Wildman–Crippen LogP) is 1.19. The smallest absolute Gasteiger partial charge is 0.165 e. The summed E-state index contributed by atoms with van der Waals surface area (Å²) in [6, 6.07) is 6.12. The second-order valence-electron chi connectivity index (χ2n) is 4.10. The molecular formula is C13H20FNO3. The van der Waals surface area contributed by atoms with Crippen LogP contribution in [0, 0.1) is 5.82 Å². The van der Waals surface area contributed by atoms with E-state index in [0.717, 1.165) is 0 Å². The normalized spacial score (nSPS) is 14.2. The number of rotatable bonds is 8. The maximum Gasteiger partial charge on any atom is 0.165 e. The fourth-order valence-corrected chi connectivity index (χ4v) is 1.34. The van der Waals surface area contributed by atoms with E-state index in [4.69, 9.17) is 9.47 Å². The maximum absolute atomic E-state index is 13.2. The van der Waals surface area contributed by atoms with Gasteiger partial charge in [-0.2, -0.15) is 0 Å². The lowest BCUT2D eigenvalue weighted by atomic mass is 10.3. The highest BCUT2D eigenvalue weighted by atomic mass is 19.1. The van der Waals surface area contributed by atoms with E-state index in [1.165, 1.54) is 12.1 Å². The summed E-state index contributed by atoms with van der Waals surface area (Å²) in [4.78, 5) is 0. The Kier molecular flexibility index (Phi) is 6.64. The van der Waals surface area contributed by atoms with Crippen molar-refractivity contribution in [3.63, 3.8) is 0 Å². The Bertz CT molecular complexity index is 349. The molecule has 1 aromatic rings. The van der Waals surface area contributed by atoms with Crippen molar-refractivity contribution < 1.29 is 19.0 Å². The largest absolute Gasteiger partial charge is 0.488 e. The molecule has 2 unspecified atom stereocenters. The molecule has 0 bridgehead atoms. The van der Waals surface area contributed by atoms with E-state index in [2.05, 4.69) is 5.32 Å². The van der Waals surface area contributed by atoms with Gasteiger partial charge in [-0.25, -0.2) is 4.39 Å². The molecule has 0 saturated heterocycles. The second kappa shape index (κ2) is 8.02. The van der Waals surface area contributed by atoms with Crippen molar-refractivity contribution in [2.45, 2.75) is 19.1 Å². The zero-order chi connectivity index (χ0) is 13.4. The molecule has 0 spiro atoms. The first-order valence-corrected chi connectivity index (χ1v) is 5.92. The molecule has 2 atom stereocenters. The number of benzene rings is 1. The summed E-state index contributed by atoms with van der Waals surface area (Å²) in [6.07, 6.45) is -0.599. The number of aliphatic hydroxyl groups is 1. The Labute approximate surface area is 107 Å². The lowest BCUT2D eigenvalue weighted by Gasteiger charge is -2.15. The van der Waals surface area contributed by atoms with Gasteiger partial charge in [-0.15, -0.1) is 0 Å². The molecule has 0 amide bonds. The van der Waals surface area contributed by atoms with Crippen molar-refractivity contribution in [1.29, 1.82) is 0 Å². The van der Waals surface area contributed by atoms with E-state index < -0.39 is 11.9 Å². The number of methoxy groups -OCH3 is 1. The van der Waals surface area contributed by atoms with Gasteiger partial charge in [0.25, 0.3) is 0 Å². The van der Waals surface area contributed by atoms with Crippen molar-refractivity contribution in [2.75, 3.05) is 26.8 Å². The third kappa shape index (κ3) is 5.44. The van der Waals surface area contributed by atoms with E-state index in [0.29, 0.717) is 13.1 Å². The summed E-state index contributed by atoms with van der Waals surface area (Å²) >= 11 is 0. The van der Waals surface area contributed by atoms with Gasteiger partial charge in [0.05, 0.1) is 6.10 Å². The molecule has 1 rings (SSSR count). The van der Waals surface area contributed by atoms with Gasteiger partial charge >= 0.3 is 0 Å². The van der Waals surface area contributed by atoms with E-state index in [1.807, 2.05) is 6.92 Å². The Hall–Kier alpha value is -1.17. The highest BCUT2D eigenvalue weighted by Gasteiger charge is 2.08. The molecule has 1 aromatic carbocycles. The number of hydrogen-bond acceptors (Lipinski definition) is 4. The first-order valence-electron chi connectivity index (χ1n) is 5.92. The maximum atomic E-state index is 13.2. The molecule has 0 heterocycles. The van der Waals surface area contributed by atoms with Gasteiger partial charge in [0.1, 0.15) is 12.7 Å². The van der Waals surface area contributed by atoms with E-state index in [-0.39, 0.29) is 18.5 Å². The van der Waals surface area contributed by atoms with Crippen LogP contribution in [0.3, 0.4) is 0 Å². The van der Waals surface area contributed by atoms with E-state index in [1.54, 1.807) is 19.2 Å². The molecule has 0 saturated carbocycles. The number of para-hydroxylation sites is 1. The first kappa shape index (κ1) is 14.9. The van der Waals surface area contributed by atoms with Gasteiger partial charge in [-0.3, -0.25) is 0 Å². The van der Waals surface area contributed by atoms with Crippen LogP contribution in [0.1, 0.15) is 6.92 Å². The van der Waals surface area contributed by atoms with Crippen LogP contribution in [0.5, 0.6) is 5.75 Å². The molecule has 2 N–H and O–H groups in total. The zero-order valence-electron chi connectivity index (χ0n) is 10.7. The Morgan fingerprint density at radius 1 is 1.33 bits per heavy atom. The molecule has 0 radical (unpaired) electrons. The molecule has 0 aliphatic rings. The average Bonchev–Trinajstić information content (AvgIpc) is 2.37. The topological polar surface area (TPSA) is 50.7 Å². The summed E-state index contributed by atoms with van der Waals surface area (Å²) in [5.41, 5.74) is 0. The average molecular weight is 257 g/mol. The fraction of sp³-hybridized carbons (Fsp3) is 0.538. The first-order chi connectivity index (χ1) is 8.63. The van der Waals surface area contributed by atoms with Crippen molar-refractivity contribution in [2.24, 2.45) is 0 Å². The fourth-order valence-electron chi connectivity index (χ4n) is 1.34. The van der Waals surface area contributed by atoms with Gasteiger partial charge in [0.15, 0.2) is 11.6 Å². The highest BCUT2D eigenvalue weighted by molar-refractivity contribution is 5.23. The quantitative estimate of drug-likeness (QED) is 0.734. The van der Waals surface area contributed by atoms with Crippen molar-refractivity contribution in [3.8, 4) is 5.75 Å². The van der Waals surface area contributed by atoms with Crippen LogP contribution >= 0.6 is 0 Å². The van der Waals surface area contributed by atoms with Crippen LogP contribution in [0.15, 0.2) is 24.3 Å². The Morgan fingerprint density at radius 3 is 2.72 bits per heavy atom. The lowest BCUT2D eigenvalue weighted by molar-refractivity contribution is 0.0892. The molecule has 0 fully saturated rings. The lowest BCUT2D eigenvalue weighted by Crippen LogP contribution is -2.35. The van der Waals surface area contributed by atoms with Crippen molar-refractivity contribution in [3.05, 3.63) is 30.1 Å². The Morgan fingerprint density at radius 2 is 2.06 bits per heavy atom. The highest BCUT2D eigenvalue weighted by Crippen LogP contribution is 2.15. The van der Waals surface area contributed by atoms with Crippen LogP contribution in [-0.2, 0) is 4.74 Å². The summed E-state index contributed by atoms with van der Waals surface area (Å²) in [6.45, 7) is 3.00. The van der Waals surface area contributed by atoms with Gasteiger partial charge in [0.2, 0.25) is 0 Å². The monoisotopic (exact) mass is 257 g/mol. The summed E-state index contributed by atoms with van der Waals surface area (Å²) in [5, 5.41) is 12.7. The molecular weight excluding hydrogens is 237 g/mol. The van der Waals surface area contributed by atoms with Gasteiger partial charge in [-0.1, -0.05) is 12.1 Å². The van der Waals surface area contributed by atoms with Crippen LogP contribution in [0.2, 0.25) is 0 Å². The van der Waals surface area contributed by atoms with Crippen molar-refractivity contribution in [1.82, 2.24) is 5.32 Å². The van der Waals surface area contributed by atoms with Crippen LogP contribution < -0.4 is 10.1 Å². The molecule has 18 heavy (non-hydrogen) atoms. The standard InChI is InChI=1S/C13H20FNO3/c1-10(17-2)7-15-8-11(16)9-18-13-6-4-3-5-12(13)14/h3-6,10-11,15-16H,7-9H2,1-2H3. The summed E-state index contributed by atoms with van der Waals surface area (Å²) in [5.74, 6) is -0.271. The molecule has 102 valence electrons. The number of nitrogens with one attached hydrogen (secondary N) is 1. The summed E-state index contributed by atoms with van der Waals surface area (Å²) < 4.78 is 23.4.